The number of aliphatic hydroxyl groups is 1. The number of ether oxygens (including phenoxy) is 1. The van der Waals surface area contributed by atoms with E-state index in [9.17, 15) is 5.11 Å². The van der Waals surface area contributed by atoms with E-state index in [1.807, 2.05) is 13.8 Å². The molecule has 2 N–H and O–H groups in total. The van der Waals surface area contributed by atoms with Crippen LogP contribution in [0, 0.1) is 11.8 Å². The predicted octanol–water partition coefficient (Wildman–Crippen LogP) is 1.61. The minimum atomic E-state index is -0.668. The Hall–Kier alpha value is -0.810. The number of guanidine groups is 1. The molecule has 0 aromatic carbocycles. The number of likely N-dealkylation sites (tertiary alicyclic amines) is 1. The van der Waals surface area contributed by atoms with Gasteiger partial charge in [-0.15, -0.1) is 0 Å². The Bertz CT molecular complexity index is 404. The van der Waals surface area contributed by atoms with Gasteiger partial charge in [0, 0.05) is 31.5 Å². The average Bonchev–Trinajstić information content (AvgIpc) is 3.22. The van der Waals surface area contributed by atoms with E-state index in [-0.39, 0.29) is 0 Å². The smallest absolute Gasteiger partial charge is 0.194 e. The Labute approximate surface area is 134 Å². The summed E-state index contributed by atoms with van der Waals surface area (Å²) in [7, 11) is 0. The SMILES string of the molecule is CCNC(=NCC(O)(CC)CC)N1CC2C3CCC(O3)C2C1. The molecule has 3 aliphatic rings. The van der Waals surface area contributed by atoms with Crippen molar-refractivity contribution >= 4 is 5.96 Å². The van der Waals surface area contributed by atoms with Crippen molar-refractivity contribution in [2.75, 3.05) is 26.2 Å². The Morgan fingerprint density at radius 1 is 1.18 bits per heavy atom. The largest absolute Gasteiger partial charge is 0.388 e. The van der Waals surface area contributed by atoms with Crippen LogP contribution in [0.25, 0.3) is 0 Å². The zero-order valence-corrected chi connectivity index (χ0v) is 14.2. The molecule has 0 radical (unpaired) electrons. The number of fused-ring (bicyclic) bond motifs is 5. The van der Waals surface area contributed by atoms with Crippen LogP contribution < -0.4 is 5.32 Å². The van der Waals surface area contributed by atoms with Crippen LogP contribution >= 0.6 is 0 Å². The number of hydrogen-bond acceptors (Lipinski definition) is 3. The van der Waals surface area contributed by atoms with Crippen molar-refractivity contribution in [3.8, 4) is 0 Å². The lowest BCUT2D eigenvalue weighted by Gasteiger charge is -2.27. The van der Waals surface area contributed by atoms with Crippen LogP contribution in [0.4, 0.5) is 0 Å². The van der Waals surface area contributed by atoms with Gasteiger partial charge in [-0.3, -0.25) is 4.99 Å². The van der Waals surface area contributed by atoms with Gasteiger partial charge in [0.25, 0.3) is 0 Å². The maximum Gasteiger partial charge on any atom is 0.194 e. The van der Waals surface area contributed by atoms with Crippen molar-refractivity contribution in [2.24, 2.45) is 16.8 Å². The predicted molar refractivity (Wildman–Crippen MR) is 88.0 cm³/mol. The fourth-order valence-electron chi connectivity index (χ4n) is 4.25. The normalized spacial score (nSPS) is 34.4. The Kier molecular flexibility index (Phi) is 4.64. The molecule has 0 aliphatic carbocycles. The second-order valence-electron chi connectivity index (χ2n) is 7.12. The molecule has 5 heteroatoms. The lowest BCUT2D eigenvalue weighted by molar-refractivity contribution is 0.0414. The zero-order valence-electron chi connectivity index (χ0n) is 14.2. The van der Waals surface area contributed by atoms with Gasteiger partial charge in [-0.2, -0.15) is 0 Å². The number of rotatable bonds is 5. The van der Waals surface area contributed by atoms with E-state index in [4.69, 9.17) is 9.73 Å². The molecule has 126 valence electrons. The third kappa shape index (κ3) is 2.85. The van der Waals surface area contributed by atoms with Crippen molar-refractivity contribution < 1.29 is 9.84 Å². The van der Waals surface area contributed by atoms with Crippen LogP contribution in [0.15, 0.2) is 4.99 Å². The van der Waals surface area contributed by atoms with Gasteiger partial charge in [-0.05, 0) is 32.6 Å². The molecule has 0 spiro atoms. The second kappa shape index (κ2) is 6.36. The third-order valence-electron chi connectivity index (χ3n) is 5.93. The monoisotopic (exact) mass is 309 g/mol. The highest BCUT2D eigenvalue weighted by Gasteiger charge is 2.53. The fourth-order valence-corrected chi connectivity index (χ4v) is 4.25. The van der Waals surface area contributed by atoms with Gasteiger partial charge in [0.05, 0.1) is 24.4 Å². The summed E-state index contributed by atoms with van der Waals surface area (Å²) in [4.78, 5) is 7.13. The molecule has 4 unspecified atom stereocenters. The summed E-state index contributed by atoms with van der Waals surface area (Å²) >= 11 is 0. The third-order valence-corrected chi connectivity index (χ3v) is 5.93. The minimum Gasteiger partial charge on any atom is -0.388 e. The molecule has 2 bridgehead atoms. The standard InChI is InChI=1S/C17H31N3O2/c1-4-17(21,5-2)11-19-16(18-6-3)20-9-12-13(10-20)15-8-7-14(12)22-15/h12-15,21H,4-11H2,1-3H3,(H,18,19). The van der Waals surface area contributed by atoms with Crippen molar-refractivity contribution in [1.82, 2.24) is 10.2 Å². The molecule has 0 aromatic heterocycles. The van der Waals surface area contributed by atoms with Gasteiger partial charge >= 0.3 is 0 Å². The molecule has 3 saturated heterocycles. The van der Waals surface area contributed by atoms with E-state index in [0.29, 0.717) is 30.6 Å². The average molecular weight is 309 g/mol. The first kappa shape index (κ1) is 16.1. The van der Waals surface area contributed by atoms with Crippen LogP contribution in [0.2, 0.25) is 0 Å². The Morgan fingerprint density at radius 3 is 2.27 bits per heavy atom. The van der Waals surface area contributed by atoms with E-state index >= 15 is 0 Å². The molecule has 3 heterocycles. The van der Waals surface area contributed by atoms with Crippen LogP contribution in [0.1, 0.15) is 46.5 Å². The van der Waals surface area contributed by atoms with Crippen molar-refractivity contribution in [1.29, 1.82) is 0 Å². The van der Waals surface area contributed by atoms with Crippen LogP contribution in [0.3, 0.4) is 0 Å². The highest BCUT2D eigenvalue weighted by molar-refractivity contribution is 5.80. The first-order chi connectivity index (χ1) is 10.6. The van der Waals surface area contributed by atoms with Crippen LogP contribution in [-0.2, 0) is 4.74 Å². The highest BCUT2D eigenvalue weighted by atomic mass is 16.5. The van der Waals surface area contributed by atoms with Crippen molar-refractivity contribution in [3.05, 3.63) is 0 Å². The number of nitrogens with zero attached hydrogens (tertiary/aromatic N) is 2. The highest BCUT2D eigenvalue weighted by Crippen LogP contribution is 2.47. The molecule has 3 rings (SSSR count). The Balaban J connectivity index is 1.67. The zero-order chi connectivity index (χ0) is 15.7. The first-order valence-electron chi connectivity index (χ1n) is 9.01. The van der Waals surface area contributed by atoms with E-state index in [1.54, 1.807) is 0 Å². The number of nitrogens with one attached hydrogen (secondary N) is 1. The summed E-state index contributed by atoms with van der Waals surface area (Å²) in [5, 5.41) is 13.9. The van der Waals surface area contributed by atoms with Gasteiger partial charge < -0.3 is 20.1 Å². The van der Waals surface area contributed by atoms with E-state index < -0.39 is 5.60 Å². The summed E-state index contributed by atoms with van der Waals surface area (Å²) in [6.07, 6.45) is 4.92. The number of hydrogen-bond donors (Lipinski definition) is 2. The van der Waals surface area contributed by atoms with Gasteiger partial charge in [0.2, 0.25) is 0 Å². The molecule has 4 atom stereocenters. The van der Waals surface area contributed by atoms with Gasteiger partial charge in [-0.1, -0.05) is 13.8 Å². The van der Waals surface area contributed by atoms with E-state index in [0.717, 1.165) is 38.4 Å². The lowest BCUT2D eigenvalue weighted by atomic mass is 9.82. The molecule has 0 amide bonds. The van der Waals surface area contributed by atoms with Crippen LogP contribution in [-0.4, -0.2) is 60.0 Å². The van der Waals surface area contributed by atoms with Crippen molar-refractivity contribution in [3.63, 3.8) is 0 Å². The molecular formula is C17H31N3O2. The molecule has 0 aromatic rings. The van der Waals surface area contributed by atoms with Gasteiger partial charge in [0.15, 0.2) is 5.96 Å². The summed E-state index contributed by atoms with van der Waals surface area (Å²) in [6.45, 7) is 9.61. The quantitative estimate of drug-likeness (QED) is 0.598. The maximum atomic E-state index is 10.5. The van der Waals surface area contributed by atoms with E-state index in [1.165, 1.54) is 12.8 Å². The minimum absolute atomic E-state index is 0.478. The summed E-state index contributed by atoms with van der Waals surface area (Å²) in [6, 6.07) is 0. The molecule has 3 aliphatic heterocycles. The molecule has 3 fully saturated rings. The summed E-state index contributed by atoms with van der Waals surface area (Å²) in [5.41, 5.74) is -0.668. The topological polar surface area (TPSA) is 57.1 Å². The summed E-state index contributed by atoms with van der Waals surface area (Å²) < 4.78 is 6.05. The molecule has 5 nitrogen and oxygen atoms in total. The van der Waals surface area contributed by atoms with Crippen molar-refractivity contribution in [2.45, 2.75) is 64.3 Å². The van der Waals surface area contributed by atoms with Gasteiger partial charge in [-0.25, -0.2) is 0 Å². The molecular weight excluding hydrogens is 278 g/mol. The van der Waals surface area contributed by atoms with Gasteiger partial charge in [0.1, 0.15) is 0 Å². The lowest BCUT2D eigenvalue weighted by Crippen LogP contribution is -2.43. The maximum absolute atomic E-state index is 10.5. The first-order valence-corrected chi connectivity index (χ1v) is 9.01. The molecule has 0 saturated carbocycles. The summed E-state index contributed by atoms with van der Waals surface area (Å²) in [5.74, 6) is 2.33. The Morgan fingerprint density at radius 2 is 1.77 bits per heavy atom. The van der Waals surface area contributed by atoms with E-state index in [2.05, 4.69) is 17.1 Å². The number of aliphatic imine (C=N–C) groups is 1. The molecule has 22 heavy (non-hydrogen) atoms. The second-order valence-corrected chi connectivity index (χ2v) is 7.12. The fraction of sp³-hybridized carbons (Fsp3) is 0.941. The van der Waals surface area contributed by atoms with Crippen LogP contribution in [0.5, 0.6) is 0 Å².